The van der Waals surface area contributed by atoms with E-state index in [9.17, 15) is 0 Å². The predicted molar refractivity (Wildman–Crippen MR) is 141 cm³/mol. The first kappa shape index (κ1) is 30.6. The number of rotatable bonds is 2. The maximum Gasteiger partial charge on any atom is -0.0305 e. The molecule has 0 aliphatic heterocycles. The van der Waals surface area contributed by atoms with Crippen LogP contribution in [0.2, 0.25) is 0 Å². The number of unbranched alkanes of at least 4 members (excludes halogenated alkanes) is 1. The second kappa shape index (κ2) is 19.4. The minimum atomic E-state index is 0. The van der Waals surface area contributed by atoms with E-state index in [-0.39, 0.29) is 7.43 Å². The van der Waals surface area contributed by atoms with E-state index < -0.39 is 0 Å². The lowest BCUT2D eigenvalue weighted by molar-refractivity contribution is 0.277. The molecular weight excluding hydrogens is 360 g/mol. The van der Waals surface area contributed by atoms with Crippen LogP contribution in [-0.2, 0) is 6.42 Å². The van der Waals surface area contributed by atoms with Gasteiger partial charge in [0.2, 0.25) is 0 Å². The highest BCUT2D eigenvalue weighted by Gasteiger charge is 2.15. The Kier molecular flexibility index (Phi) is 19.8. The molecule has 172 valence electrons. The van der Waals surface area contributed by atoms with Crippen LogP contribution in [0.3, 0.4) is 0 Å². The summed E-state index contributed by atoms with van der Waals surface area (Å²) in [5.74, 6) is 2.01. The van der Waals surface area contributed by atoms with Gasteiger partial charge in [0.05, 0.1) is 0 Å². The molecule has 3 rings (SSSR count). The first-order chi connectivity index (χ1) is 13.9. The summed E-state index contributed by atoms with van der Waals surface area (Å²) >= 11 is 0. The highest BCUT2D eigenvalue weighted by molar-refractivity contribution is 5.25. The molecule has 1 aliphatic carbocycles. The van der Waals surface area contributed by atoms with Crippen LogP contribution in [0.1, 0.15) is 103 Å². The zero-order valence-electron chi connectivity index (χ0n) is 20.7. The summed E-state index contributed by atoms with van der Waals surface area (Å²) in [4.78, 5) is 0. The lowest BCUT2D eigenvalue weighted by Gasteiger charge is -2.24. The van der Waals surface area contributed by atoms with Crippen molar-refractivity contribution in [2.45, 2.75) is 108 Å². The minimum Gasteiger partial charge on any atom is -0.0776 e. The molecule has 0 radical (unpaired) electrons. The zero-order chi connectivity index (χ0) is 22.1. The molecule has 1 fully saturated rings. The SMILES string of the molecule is C.CCCC.CCc1ccccc1C.C[C@@H]1CCCC[C@@H]1C.Cc1ccccc1C. The van der Waals surface area contributed by atoms with E-state index >= 15 is 0 Å². The summed E-state index contributed by atoms with van der Waals surface area (Å²) in [5.41, 5.74) is 5.59. The van der Waals surface area contributed by atoms with E-state index in [1.54, 1.807) is 0 Å². The quantitative estimate of drug-likeness (QED) is 0.460. The van der Waals surface area contributed by atoms with Gasteiger partial charge in [-0.15, -0.1) is 0 Å². The monoisotopic (exact) mass is 412 g/mol. The third-order valence-electron chi connectivity index (χ3n) is 6.11. The fraction of sp³-hybridized carbons (Fsp3) is 0.600. The molecule has 0 heterocycles. The standard InChI is InChI=1S/C9H12.C8H16.C8H10.C4H10.CH4/c1-3-9-7-5-4-6-8(9)2;2*1-7-5-3-4-6-8(7)2;1-3-4-2;/h4-7H,3H2,1-2H3;7-8H,3-6H2,1-2H3;3-6H,1-2H3;3-4H2,1-2H3;1H4/t;7-,8+;;;. The smallest absolute Gasteiger partial charge is 0.0305 e. The van der Waals surface area contributed by atoms with E-state index in [0.717, 1.165) is 18.3 Å². The van der Waals surface area contributed by atoms with Gasteiger partial charge < -0.3 is 0 Å². The molecule has 30 heavy (non-hydrogen) atoms. The number of benzene rings is 2. The Labute approximate surface area is 190 Å². The molecule has 0 N–H and O–H groups in total. The van der Waals surface area contributed by atoms with Crippen LogP contribution >= 0.6 is 0 Å². The molecule has 0 bridgehead atoms. The van der Waals surface area contributed by atoms with Crippen LogP contribution in [0.5, 0.6) is 0 Å². The average Bonchev–Trinajstić information content (AvgIpc) is 2.74. The Morgan fingerprint density at radius 2 is 1.00 bits per heavy atom. The second-order valence-corrected chi connectivity index (χ2v) is 8.60. The summed E-state index contributed by atoms with van der Waals surface area (Å²) in [7, 11) is 0. The Balaban J connectivity index is 0. The first-order valence-electron chi connectivity index (χ1n) is 11.9. The molecule has 0 spiro atoms. The lowest BCUT2D eigenvalue weighted by atomic mass is 9.82. The van der Waals surface area contributed by atoms with Gasteiger partial charge >= 0.3 is 0 Å². The van der Waals surface area contributed by atoms with Gasteiger partial charge in [-0.3, -0.25) is 0 Å². The van der Waals surface area contributed by atoms with Crippen molar-refractivity contribution in [1.29, 1.82) is 0 Å². The van der Waals surface area contributed by atoms with Crippen molar-refractivity contribution in [3.05, 3.63) is 70.8 Å². The second-order valence-electron chi connectivity index (χ2n) is 8.60. The topological polar surface area (TPSA) is 0 Å². The van der Waals surface area contributed by atoms with Crippen molar-refractivity contribution >= 4 is 0 Å². The van der Waals surface area contributed by atoms with E-state index in [1.807, 2.05) is 0 Å². The normalized spacial score (nSPS) is 16.9. The van der Waals surface area contributed by atoms with Crippen LogP contribution < -0.4 is 0 Å². The fourth-order valence-electron chi connectivity index (χ4n) is 3.17. The Bertz CT molecular complexity index is 592. The summed E-state index contributed by atoms with van der Waals surface area (Å²) in [6.45, 7) is 17.7. The van der Waals surface area contributed by atoms with Crippen LogP contribution in [-0.4, -0.2) is 0 Å². The molecule has 1 saturated carbocycles. The number of hydrogen-bond acceptors (Lipinski definition) is 0. The number of aryl methyl sites for hydroxylation is 4. The van der Waals surface area contributed by atoms with Crippen molar-refractivity contribution < 1.29 is 0 Å². The zero-order valence-corrected chi connectivity index (χ0v) is 20.7. The Morgan fingerprint density at radius 3 is 1.23 bits per heavy atom. The molecule has 0 nitrogen and oxygen atoms in total. The third kappa shape index (κ3) is 14.4. The van der Waals surface area contributed by atoms with Gasteiger partial charge in [0.15, 0.2) is 0 Å². The number of hydrogen-bond donors (Lipinski definition) is 0. The molecule has 0 heteroatoms. The Hall–Kier alpha value is -1.56. The third-order valence-corrected chi connectivity index (χ3v) is 6.11. The summed E-state index contributed by atoms with van der Waals surface area (Å²) in [5, 5.41) is 0. The molecule has 0 unspecified atom stereocenters. The van der Waals surface area contributed by atoms with Crippen LogP contribution in [0, 0.1) is 32.6 Å². The fourth-order valence-corrected chi connectivity index (χ4v) is 3.17. The largest absolute Gasteiger partial charge is 0.0776 e. The van der Waals surface area contributed by atoms with Crippen molar-refractivity contribution in [1.82, 2.24) is 0 Å². The molecule has 2 aromatic rings. The molecule has 0 amide bonds. The first-order valence-corrected chi connectivity index (χ1v) is 11.9. The van der Waals surface area contributed by atoms with Gasteiger partial charge in [0, 0.05) is 0 Å². The van der Waals surface area contributed by atoms with Gasteiger partial charge in [0.1, 0.15) is 0 Å². The maximum atomic E-state index is 2.38. The van der Waals surface area contributed by atoms with E-state index in [4.69, 9.17) is 0 Å². The molecular formula is C30H52. The van der Waals surface area contributed by atoms with Gasteiger partial charge in [-0.1, -0.05) is 129 Å². The molecule has 0 aromatic heterocycles. The van der Waals surface area contributed by atoms with Gasteiger partial charge in [-0.2, -0.15) is 0 Å². The van der Waals surface area contributed by atoms with Gasteiger partial charge in [-0.25, -0.2) is 0 Å². The summed E-state index contributed by atoms with van der Waals surface area (Å²) in [6.07, 6.45) is 9.69. The van der Waals surface area contributed by atoms with Gasteiger partial charge in [-0.05, 0) is 61.3 Å². The highest BCUT2D eigenvalue weighted by atomic mass is 14.2. The Morgan fingerprint density at radius 1 is 0.633 bits per heavy atom. The molecule has 0 saturated heterocycles. The van der Waals surface area contributed by atoms with E-state index in [2.05, 4.69) is 104 Å². The van der Waals surface area contributed by atoms with Crippen molar-refractivity contribution in [3.63, 3.8) is 0 Å². The summed E-state index contributed by atoms with van der Waals surface area (Å²) < 4.78 is 0. The predicted octanol–water partition coefficient (Wildman–Crippen LogP) is 10.1. The average molecular weight is 413 g/mol. The molecule has 1 aliphatic rings. The highest BCUT2D eigenvalue weighted by Crippen LogP contribution is 2.28. The van der Waals surface area contributed by atoms with Gasteiger partial charge in [0.25, 0.3) is 0 Å². The minimum absolute atomic E-state index is 0. The van der Waals surface area contributed by atoms with Crippen molar-refractivity contribution in [2.75, 3.05) is 0 Å². The molecule has 2 atom stereocenters. The lowest BCUT2D eigenvalue weighted by Crippen LogP contribution is -2.12. The van der Waals surface area contributed by atoms with E-state index in [0.29, 0.717) is 0 Å². The van der Waals surface area contributed by atoms with Crippen LogP contribution in [0.15, 0.2) is 48.5 Å². The van der Waals surface area contributed by atoms with E-state index in [1.165, 1.54) is 60.8 Å². The van der Waals surface area contributed by atoms with Crippen LogP contribution in [0.4, 0.5) is 0 Å². The maximum absolute atomic E-state index is 2.38. The van der Waals surface area contributed by atoms with Crippen molar-refractivity contribution in [2.24, 2.45) is 11.8 Å². The molecule has 2 aromatic carbocycles. The summed E-state index contributed by atoms with van der Waals surface area (Å²) in [6, 6.07) is 16.9. The van der Waals surface area contributed by atoms with Crippen LogP contribution in [0.25, 0.3) is 0 Å². The van der Waals surface area contributed by atoms with Crippen molar-refractivity contribution in [3.8, 4) is 0 Å².